The fourth-order valence-corrected chi connectivity index (χ4v) is 2.74. The van der Waals surface area contributed by atoms with Crippen LogP contribution < -0.4 is 5.32 Å². The lowest BCUT2D eigenvalue weighted by Crippen LogP contribution is -2.25. The van der Waals surface area contributed by atoms with Crippen molar-refractivity contribution in [3.63, 3.8) is 0 Å². The Hall–Kier alpha value is -1.32. The van der Waals surface area contributed by atoms with Crippen LogP contribution in [-0.2, 0) is 12.8 Å². The van der Waals surface area contributed by atoms with Gasteiger partial charge in [0.1, 0.15) is 5.82 Å². The highest BCUT2D eigenvalue weighted by molar-refractivity contribution is 6.30. The summed E-state index contributed by atoms with van der Waals surface area (Å²) in [5, 5.41) is 4.20. The second kappa shape index (κ2) is 4.99. The molecule has 0 saturated carbocycles. The summed E-state index contributed by atoms with van der Waals surface area (Å²) in [6, 6.07) is 6.56. The Kier molecular flexibility index (Phi) is 3.33. The Morgan fingerprint density at radius 2 is 2.26 bits per heavy atom. The molecular weight excluding hydrogens is 258 g/mol. The molecule has 1 aliphatic rings. The third-order valence-electron chi connectivity index (χ3n) is 3.43. The summed E-state index contributed by atoms with van der Waals surface area (Å²) in [5.74, 6) is 1.07. The standard InChI is InChI=1S/C15H18ClN3/c1-9(2)17-6-5-14-18-13-8-10-7-11(16)3-4-12(10)15(13)19-14/h3-4,7,9,17H,5-6,8H2,1-2H3,(H,18,19). The van der Waals surface area contributed by atoms with Crippen molar-refractivity contribution in [3.8, 4) is 11.3 Å². The lowest BCUT2D eigenvalue weighted by Gasteiger charge is -2.06. The van der Waals surface area contributed by atoms with Gasteiger partial charge in [0, 0.05) is 41.7 Å². The first-order valence-corrected chi connectivity index (χ1v) is 7.11. The van der Waals surface area contributed by atoms with Crippen molar-refractivity contribution in [2.75, 3.05) is 6.54 Å². The van der Waals surface area contributed by atoms with Crippen LogP contribution in [0.15, 0.2) is 18.2 Å². The van der Waals surface area contributed by atoms with Gasteiger partial charge < -0.3 is 10.3 Å². The molecule has 0 fully saturated rings. The predicted molar refractivity (Wildman–Crippen MR) is 78.7 cm³/mol. The van der Waals surface area contributed by atoms with Gasteiger partial charge in [-0.15, -0.1) is 0 Å². The molecule has 19 heavy (non-hydrogen) atoms. The van der Waals surface area contributed by atoms with Gasteiger partial charge in [-0.3, -0.25) is 0 Å². The largest absolute Gasteiger partial charge is 0.345 e. The molecule has 1 aliphatic carbocycles. The van der Waals surface area contributed by atoms with Gasteiger partial charge >= 0.3 is 0 Å². The van der Waals surface area contributed by atoms with E-state index in [1.165, 1.54) is 16.8 Å². The summed E-state index contributed by atoms with van der Waals surface area (Å²) in [6.07, 6.45) is 1.85. The van der Waals surface area contributed by atoms with Crippen LogP contribution in [0, 0.1) is 0 Å². The molecule has 0 amide bonds. The summed E-state index contributed by atoms with van der Waals surface area (Å²) in [6.45, 7) is 5.27. The molecule has 2 N–H and O–H groups in total. The van der Waals surface area contributed by atoms with Crippen molar-refractivity contribution < 1.29 is 0 Å². The predicted octanol–water partition coefficient (Wildman–Crippen LogP) is 3.17. The van der Waals surface area contributed by atoms with Crippen LogP contribution in [0.5, 0.6) is 0 Å². The number of benzene rings is 1. The number of hydrogen-bond donors (Lipinski definition) is 2. The molecule has 1 heterocycles. The van der Waals surface area contributed by atoms with Gasteiger partial charge in [-0.05, 0) is 17.7 Å². The maximum atomic E-state index is 6.02. The van der Waals surface area contributed by atoms with Crippen molar-refractivity contribution in [1.82, 2.24) is 15.3 Å². The van der Waals surface area contributed by atoms with Crippen LogP contribution in [0.1, 0.15) is 30.9 Å². The summed E-state index contributed by atoms with van der Waals surface area (Å²) < 4.78 is 0. The first kappa shape index (κ1) is 12.7. The number of halogens is 1. The first-order valence-electron chi connectivity index (χ1n) is 6.73. The molecular formula is C15H18ClN3. The maximum Gasteiger partial charge on any atom is 0.108 e. The van der Waals surface area contributed by atoms with Crippen molar-refractivity contribution >= 4 is 11.6 Å². The molecule has 0 bridgehead atoms. The fraction of sp³-hybridized carbons (Fsp3) is 0.400. The molecule has 3 rings (SSSR count). The lowest BCUT2D eigenvalue weighted by molar-refractivity contribution is 0.584. The molecule has 0 spiro atoms. The topological polar surface area (TPSA) is 40.7 Å². The first-order chi connectivity index (χ1) is 9.13. The van der Waals surface area contributed by atoms with E-state index in [9.17, 15) is 0 Å². The average Bonchev–Trinajstić information content (AvgIpc) is 2.84. The normalized spacial score (nSPS) is 12.8. The molecule has 2 aromatic rings. The number of H-pyrrole nitrogens is 1. The van der Waals surface area contributed by atoms with Gasteiger partial charge in [0.2, 0.25) is 0 Å². The SMILES string of the molecule is CC(C)NCCc1nc2c([nH]1)Cc1cc(Cl)ccc1-2. The number of imidazole rings is 1. The smallest absolute Gasteiger partial charge is 0.108 e. The second-order valence-electron chi connectivity index (χ2n) is 5.35. The maximum absolute atomic E-state index is 6.02. The van der Waals surface area contributed by atoms with Gasteiger partial charge in [-0.2, -0.15) is 0 Å². The third kappa shape index (κ3) is 2.53. The molecule has 100 valence electrons. The van der Waals surface area contributed by atoms with E-state index in [1.54, 1.807) is 0 Å². The van der Waals surface area contributed by atoms with Crippen molar-refractivity contribution in [2.45, 2.75) is 32.7 Å². The third-order valence-corrected chi connectivity index (χ3v) is 3.67. The van der Waals surface area contributed by atoms with E-state index in [-0.39, 0.29) is 0 Å². The van der Waals surface area contributed by atoms with Gasteiger partial charge in [-0.1, -0.05) is 31.5 Å². The Bertz CT molecular complexity index is 601. The fourth-order valence-electron chi connectivity index (χ4n) is 2.54. The van der Waals surface area contributed by atoms with Crippen LogP contribution >= 0.6 is 11.6 Å². The number of aromatic nitrogens is 2. The Balaban J connectivity index is 1.78. The molecule has 0 atom stereocenters. The van der Waals surface area contributed by atoms with Crippen molar-refractivity contribution in [3.05, 3.63) is 40.3 Å². The lowest BCUT2D eigenvalue weighted by atomic mass is 10.1. The molecule has 0 saturated heterocycles. The van der Waals surface area contributed by atoms with Gasteiger partial charge in [-0.25, -0.2) is 4.98 Å². The molecule has 3 nitrogen and oxygen atoms in total. The summed E-state index contributed by atoms with van der Waals surface area (Å²) in [4.78, 5) is 8.16. The highest BCUT2D eigenvalue weighted by atomic mass is 35.5. The number of nitrogens with one attached hydrogen (secondary N) is 2. The molecule has 1 aromatic carbocycles. The minimum absolute atomic E-state index is 0.518. The number of nitrogens with zero attached hydrogens (tertiary/aromatic N) is 1. The monoisotopic (exact) mass is 275 g/mol. The van der Waals surface area contributed by atoms with Gasteiger partial charge in [0.25, 0.3) is 0 Å². The van der Waals surface area contributed by atoms with E-state index in [0.29, 0.717) is 6.04 Å². The van der Waals surface area contributed by atoms with E-state index in [0.717, 1.165) is 35.9 Å². The van der Waals surface area contributed by atoms with Crippen LogP contribution in [0.4, 0.5) is 0 Å². The number of hydrogen-bond acceptors (Lipinski definition) is 2. The quantitative estimate of drug-likeness (QED) is 0.768. The Morgan fingerprint density at radius 3 is 3.05 bits per heavy atom. The molecule has 4 heteroatoms. The van der Waals surface area contributed by atoms with E-state index in [4.69, 9.17) is 16.6 Å². The van der Waals surface area contributed by atoms with Gasteiger partial charge in [0.15, 0.2) is 0 Å². The van der Waals surface area contributed by atoms with Crippen LogP contribution in [-0.4, -0.2) is 22.6 Å². The molecule has 0 aliphatic heterocycles. The molecule has 0 unspecified atom stereocenters. The number of rotatable bonds is 4. The minimum Gasteiger partial charge on any atom is -0.345 e. The van der Waals surface area contributed by atoms with Crippen molar-refractivity contribution in [1.29, 1.82) is 0 Å². The van der Waals surface area contributed by atoms with Crippen molar-refractivity contribution in [2.24, 2.45) is 0 Å². The van der Waals surface area contributed by atoms with E-state index >= 15 is 0 Å². The highest BCUT2D eigenvalue weighted by Gasteiger charge is 2.22. The number of fused-ring (bicyclic) bond motifs is 3. The summed E-state index contributed by atoms with van der Waals surface area (Å²) >= 11 is 6.02. The zero-order valence-corrected chi connectivity index (χ0v) is 12.0. The molecule has 0 radical (unpaired) electrons. The van der Waals surface area contributed by atoms with Gasteiger partial charge in [0.05, 0.1) is 5.69 Å². The molecule has 1 aromatic heterocycles. The summed E-state index contributed by atoms with van der Waals surface area (Å²) in [5.41, 5.74) is 4.81. The summed E-state index contributed by atoms with van der Waals surface area (Å²) in [7, 11) is 0. The Labute approximate surface area is 118 Å². The zero-order valence-electron chi connectivity index (χ0n) is 11.3. The van der Waals surface area contributed by atoms with Crippen LogP contribution in [0.25, 0.3) is 11.3 Å². The van der Waals surface area contributed by atoms with Crippen LogP contribution in [0.2, 0.25) is 5.02 Å². The van der Waals surface area contributed by atoms with E-state index in [2.05, 4.69) is 30.2 Å². The second-order valence-corrected chi connectivity index (χ2v) is 5.78. The van der Waals surface area contributed by atoms with E-state index in [1.807, 2.05) is 12.1 Å². The zero-order chi connectivity index (χ0) is 13.4. The Morgan fingerprint density at radius 1 is 1.42 bits per heavy atom. The minimum atomic E-state index is 0.518. The highest BCUT2D eigenvalue weighted by Crippen LogP contribution is 2.36. The number of aromatic amines is 1. The van der Waals surface area contributed by atoms with E-state index < -0.39 is 0 Å². The average molecular weight is 276 g/mol. The van der Waals surface area contributed by atoms with Crippen LogP contribution in [0.3, 0.4) is 0 Å².